The second-order valence-corrected chi connectivity index (χ2v) is 8.59. The van der Waals surface area contributed by atoms with E-state index in [0.717, 1.165) is 27.0 Å². The highest BCUT2D eigenvalue weighted by Gasteiger charge is 2.38. The SMILES string of the molecule is COCC(C)(C)Oc1cc(-c2cncs2)nc2ccc(C3OCC3C(N)=O)cc12. The first kappa shape index (κ1) is 19.8. The summed E-state index contributed by atoms with van der Waals surface area (Å²) < 4.78 is 17.3. The van der Waals surface area contributed by atoms with E-state index in [2.05, 4.69) is 4.98 Å². The molecule has 4 rings (SSSR count). The number of pyridine rings is 1. The molecule has 2 unspecified atom stereocenters. The third kappa shape index (κ3) is 3.96. The quantitative estimate of drug-likeness (QED) is 0.638. The van der Waals surface area contributed by atoms with Gasteiger partial charge >= 0.3 is 0 Å². The molecule has 8 heteroatoms. The van der Waals surface area contributed by atoms with Crippen molar-refractivity contribution in [2.24, 2.45) is 11.7 Å². The van der Waals surface area contributed by atoms with E-state index in [4.69, 9.17) is 24.9 Å². The number of nitrogens with two attached hydrogens (primary N) is 1. The number of rotatable bonds is 7. The van der Waals surface area contributed by atoms with Crippen molar-refractivity contribution in [1.82, 2.24) is 9.97 Å². The summed E-state index contributed by atoms with van der Waals surface area (Å²) in [5.41, 5.74) is 9.19. The maximum absolute atomic E-state index is 11.6. The van der Waals surface area contributed by atoms with E-state index in [1.165, 1.54) is 11.3 Å². The monoisotopic (exact) mass is 413 g/mol. The van der Waals surface area contributed by atoms with Gasteiger partial charge in [-0.05, 0) is 31.5 Å². The average Bonchev–Trinajstić information content (AvgIpc) is 3.14. The van der Waals surface area contributed by atoms with E-state index in [1.807, 2.05) is 38.1 Å². The normalized spacial score (nSPS) is 19.1. The van der Waals surface area contributed by atoms with Crippen LogP contribution in [0.3, 0.4) is 0 Å². The van der Waals surface area contributed by atoms with Crippen molar-refractivity contribution in [2.45, 2.75) is 25.6 Å². The Morgan fingerprint density at radius 2 is 2.21 bits per heavy atom. The minimum atomic E-state index is -0.535. The second-order valence-electron chi connectivity index (χ2n) is 7.71. The summed E-state index contributed by atoms with van der Waals surface area (Å²) >= 11 is 1.52. The minimum Gasteiger partial charge on any atom is -0.485 e. The lowest BCUT2D eigenvalue weighted by Gasteiger charge is -2.35. The third-order valence-corrected chi connectivity index (χ3v) is 5.67. The zero-order chi connectivity index (χ0) is 20.6. The van der Waals surface area contributed by atoms with E-state index >= 15 is 0 Å². The van der Waals surface area contributed by atoms with Gasteiger partial charge in [-0.1, -0.05) is 6.07 Å². The van der Waals surface area contributed by atoms with Gasteiger partial charge in [0.15, 0.2) is 0 Å². The Bertz CT molecular complexity index is 1040. The van der Waals surface area contributed by atoms with Gasteiger partial charge in [0.1, 0.15) is 11.4 Å². The Morgan fingerprint density at radius 3 is 2.83 bits per heavy atom. The van der Waals surface area contributed by atoms with Crippen LogP contribution in [0.5, 0.6) is 5.75 Å². The van der Waals surface area contributed by atoms with Crippen LogP contribution < -0.4 is 10.5 Å². The molecule has 152 valence electrons. The summed E-state index contributed by atoms with van der Waals surface area (Å²) in [5, 5.41) is 0.846. The highest BCUT2D eigenvalue weighted by molar-refractivity contribution is 7.13. The van der Waals surface area contributed by atoms with Gasteiger partial charge in [-0.25, -0.2) is 4.98 Å². The molecule has 1 aromatic carbocycles. The van der Waals surface area contributed by atoms with Crippen LogP contribution in [0.4, 0.5) is 0 Å². The third-order valence-electron chi connectivity index (χ3n) is 4.87. The molecular formula is C21H23N3O4S. The van der Waals surface area contributed by atoms with E-state index in [0.29, 0.717) is 19.0 Å². The maximum Gasteiger partial charge on any atom is 0.225 e. The Hall–Kier alpha value is -2.55. The number of hydrogen-bond donors (Lipinski definition) is 1. The van der Waals surface area contributed by atoms with Gasteiger partial charge in [-0.3, -0.25) is 9.78 Å². The molecule has 0 spiro atoms. The van der Waals surface area contributed by atoms with Crippen molar-refractivity contribution < 1.29 is 19.0 Å². The number of amides is 1. The Balaban J connectivity index is 1.80. The summed E-state index contributed by atoms with van der Waals surface area (Å²) in [6.45, 7) is 4.72. The number of carbonyl (C=O) groups excluding carboxylic acids is 1. The smallest absolute Gasteiger partial charge is 0.225 e. The number of carbonyl (C=O) groups is 1. The first-order chi connectivity index (χ1) is 13.9. The van der Waals surface area contributed by atoms with Gasteiger partial charge in [-0.15, -0.1) is 11.3 Å². The number of aromatic nitrogens is 2. The fourth-order valence-corrected chi connectivity index (χ4v) is 4.05. The molecule has 29 heavy (non-hydrogen) atoms. The van der Waals surface area contributed by atoms with Gasteiger partial charge in [0, 0.05) is 24.8 Å². The molecule has 3 heterocycles. The minimum absolute atomic E-state index is 0.314. The van der Waals surface area contributed by atoms with Crippen LogP contribution in [-0.4, -0.2) is 41.8 Å². The number of primary amides is 1. The van der Waals surface area contributed by atoms with Crippen LogP contribution in [0, 0.1) is 5.92 Å². The lowest BCUT2D eigenvalue weighted by atomic mass is 9.90. The summed E-state index contributed by atoms with van der Waals surface area (Å²) in [4.78, 5) is 21.5. The van der Waals surface area contributed by atoms with E-state index in [9.17, 15) is 4.79 Å². The average molecular weight is 413 g/mol. The van der Waals surface area contributed by atoms with Crippen molar-refractivity contribution in [1.29, 1.82) is 0 Å². The number of ether oxygens (including phenoxy) is 3. The molecule has 2 atom stereocenters. The molecule has 1 amide bonds. The van der Waals surface area contributed by atoms with Crippen molar-refractivity contribution in [2.75, 3.05) is 20.3 Å². The van der Waals surface area contributed by atoms with Crippen LogP contribution in [0.25, 0.3) is 21.5 Å². The molecule has 0 radical (unpaired) electrons. The lowest BCUT2D eigenvalue weighted by Crippen LogP contribution is -2.42. The van der Waals surface area contributed by atoms with Gasteiger partial charge in [-0.2, -0.15) is 0 Å². The highest BCUT2D eigenvalue weighted by Crippen LogP contribution is 2.39. The molecule has 0 saturated carbocycles. The predicted octanol–water partition coefficient (Wildman–Crippen LogP) is 3.33. The standard InChI is InChI=1S/C21H23N3O4S/c1-21(2,10-26-3)28-17-7-16(18-8-23-11-29-18)24-15-5-4-12(6-13(15)17)19-14(9-27-19)20(22)25/h4-8,11,14,19H,9-10H2,1-3H3,(H2,22,25). The summed E-state index contributed by atoms with van der Waals surface area (Å²) in [7, 11) is 1.65. The maximum atomic E-state index is 11.6. The van der Waals surface area contributed by atoms with Crippen LogP contribution in [-0.2, 0) is 14.3 Å². The predicted molar refractivity (Wildman–Crippen MR) is 111 cm³/mol. The number of hydrogen-bond acceptors (Lipinski definition) is 7. The Labute approximate surface area is 172 Å². The highest BCUT2D eigenvalue weighted by atomic mass is 32.1. The topological polar surface area (TPSA) is 96.6 Å². The molecule has 1 aliphatic rings. The van der Waals surface area contributed by atoms with E-state index in [-0.39, 0.29) is 17.9 Å². The van der Waals surface area contributed by atoms with Gasteiger partial charge in [0.05, 0.1) is 46.8 Å². The fraction of sp³-hybridized carbons (Fsp3) is 0.381. The molecular weight excluding hydrogens is 390 g/mol. The first-order valence-electron chi connectivity index (χ1n) is 9.30. The molecule has 1 saturated heterocycles. The van der Waals surface area contributed by atoms with Crippen molar-refractivity contribution >= 4 is 28.1 Å². The van der Waals surface area contributed by atoms with Crippen molar-refractivity contribution in [3.05, 3.63) is 41.5 Å². The van der Waals surface area contributed by atoms with Crippen molar-refractivity contribution in [3.63, 3.8) is 0 Å². The zero-order valence-corrected chi connectivity index (χ0v) is 17.4. The second kappa shape index (κ2) is 7.70. The number of nitrogens with zero attached hydrogens (tertiary/aromatic N) is 2. The number of benzene rings is 1. The molecule has 7 nitrogen and oxygen atoms in total. The molecule has 0 aliphatic carbocycles. The van der Waals surface area contributed by atoms with Gasteiger partial charge < -0.3 is 19.9 Å². The molecule has 2 N–H and O–H groups in total. The van der Waals surface area contributed by atoms with E-state index in [1.54, 1.807) is 18.8 Å². The Kier molecular flexibility index (Phi) is 5.24. The largest absolute Gasteiger partial charge is 0.485 e. The molecule has 1 aliphatic heterocycles. The number of methoxy groups -OCH3 is 1. The molecule has 0 bridgehead atoms. The van der Waals surface area contributed by atoms with Crippen LogP contribution in [0.1, 0.15) is 25.5 Å². The van der Waals surface area contributed by atoms with Gasteiger partial charge in [0.25, 0.3) is 0 Å². The molecule has 3 aromatic rings. The zero-order valence-electron chi connectivity index (χ0n) is 16.5. The fourth-order valence-electron chi connectivity index (χ4n) is 3.47. The van der Waals surface area contributed by atoms with Gasteiger partial charge in [0.2, 0.25) is 5.91 Å². The summed E-state index contributed by atoms with van der Waals surface area (Å²) in [6, 6.07) is 7.74. The van der Waals surface area contributed by atoms with Crippen molar-refractivity contribution in [3.8, 4) is 16.3 Å². The first-order valence-corrected chi connectivity index (χ1v) is 10.2. The summed E-state index contributed by atoms with van der Waals surface area (Å²) in [5.74, 6) is 0.0288. The Morgan fingerprint density at radius 1 is 1.38 bits per heavy atom. The molecule has 1 fully saturated rings. The summed E-state index contributed by atoms with van der Waals surface area (Å²) in [6.07, 6.45) is 1.45. The number of thiazole rings is 1. The van der Waals surface area contributed by atoms with Crippen LogP contribution in [0.15, 0.2) is 36.0 Å². The lowest BCUT2D eigenvalue weighted by molar-refractivity contribution is -0.154. The van der Waals surface area contributed by atoms with Crippen LogP contribution >= 0.6 is 11.3 Å². The molecule has 2 aromatic heterocycles. The number of fused-ring (bicyclic) bond motifs is 1. The van der Waals surface area contributed by atoms with E-state index < -0.39 is 5.60 Å². The van der Waals surface area contributed by atoms with Crippen LogP contribution in [0.2, 0.25) is 0 Å².